The molecule has 0 bridgehead atoms. The molecule has 1 aromatic heterocycles. The Hall–Kier alpha value is -2.43. The Morgan fingerprint density at radius 1 is 1.07 bits per heavy atom. The summed E-state index contributed by atoms with van der Waals surface area (Å²) in [6.07, 6.45) is 2.26. The van der Waals surface area contributed by atoms with Crippen molar-refractivity contribution < 1.29 is 4.79 Å². The highest BCUT2D eigenvalue weighted by Gasteiger charge is 2.33. The average molecular weight is 377 g/mol. The summed E-state index contributed by atoms with van der Waals surface area (Å²) in [4.78, 5) is 16.7. The first-order valence-corrected chi connectivity index (χ1v) is 10.4. The molecular weight excluding hydrogens is 352 g/mol. The van der Waals surface area contributed by atoms with Crippen molar-refractivity contribution in [1.82, 2.24) is 4.90 Å². The standard InChI is InChI=1S/C23H24N2OS/c1-17(25-15-7-13-21(25)22-14-8-16-27-22)23(26)24-20-12-6-5-11-19(20)18-9-3-2-4-10-18/h2-6,8-12,14,16-17,21H,7,13,15H2,1H3,(H,24,26)/t17-,21-/m1/s1. The van der Waals surface area contributed by atoms with Gasteiger partial charge in [0.2, 0.25) is 5.91 Å². The first-order valence-electron chi connectivity index (χ1n) is 9.48. The van der Waals surface area contributed by atoms with Crippen LogP contribution >= 0.6 is 11.3 Å². The predicted molar refractivity (Wildman–Crippen MR) is 113 cm³/mol. The number of benzene rings is 2. The van der Waals surface area contributed by atoms with Crippen molar-refractivity contribution in [1.29, 1.82) is 0 Å². The Labute approximate surface area is 164 Å². The fourth-order valence-corrected chi connectivity index (χ4v) is 4.77. The van der Waals surface area contributed by atoms with Gasteiger partial charge in [0, 0.05) is 22.2 Å². The number of rotatable bonds is 5. The maximum atomic E-state index is 13.0. The van der Waals surface area contributed by atoms with E-state index in [0.29, 0.717) is 6.04 Å². The summed E-state index contributed by atoms with van der Waals surface area (Å²) in [5.74, 6) is 0.0573. The lowest BCUT2D eigenvalue weighted by Crippen LogP contribution is -2.41. The SMILES string of the molecule is C[C@H](C(=O)Nc1ccccc1-c1ccccc1)N1CCC[C@@H]1c1cccs1. The van der Waals surface area contributed by atoms with E-state index in [2.05, 4.69) is 45.9 Å². The van der Waals surface area contributed by atoms with Gasteiger partial charge in [-0.25, -0.2) is 0 Å². The Morgan fingerprint density at radius 3 is 2.63 bits per heavy atom. The van der Waals surface area contributed by atoms with E-state index in [9.17, 15) is 4.79 Å². The van der Waals surface area contributed by atoms with Crippen molar-refractivity contribution in [3.05, 3.63) is 77.0 Å². The van der Waals surface area contributed by atoms with Gasteiger partial charge in [-0.15, -0.1) is 11.3 Å². The van der Waals surface area contributed by atoms with Gasteiger partial charge in [0.1, 0.15) is 0 Å². The van der Waals surface area contributed by atoms with Gasteiger partial charge in [-0.2, -0.15) is 0 Å². The van der Waals surface area contributed by atoms with Gasteiger partial charge in [-0.3, -0.25) is 9.69 Å². The molecule has 138 valence electrons. The lowest BCUT2D eigenvalue weighted by atomic mass is 10.0. The number of hydrogen-bond donors (Lipinski definition) is 1. The van der Waals surface area contributed by atoms with Crippen LogP contribution in [0.5, 0.6) is 0 Å². The average Bonchev–Trinajstić information content (AvgIpc) is 3.40. The molecular formula is C23H24N2OS. The number of para-hydroxylation sites is 1. The van der Waals surface area contributed by atoms with E-state index in [0.717, 1.165) is 36.2 Å². The number of amides is 1. The Balaban J connectivity index is 1.53. The molecule has 1 saturated heterocycles. The molecule has 0 saturated carbocycles. The van der Waals surface area contributed by atoms with Crippen LogP contribution in [0.4, 0.5) is 5.69 Å². The molecule has 1 aliphatic rings. The molecule has 0 unspecified atom stereocenters. The second-order valence-corrected chi connectivity index (χ2v) is 7.97. The summed E-state index contributed by atoms with van der Waals surface area (Å²) >= 11 is 1.78. The fraction of sp³-hybridized carbons (Fsp3) is 0.261. The smallest absolute Gasteiger partial charge is 0.241 e. The van der Waals surface area contributed by atoms with Gasteiger partial charge in [0.15, 0.2) is 0 Å². The summed E-state index contributed by atoms with van der Waals surface area (Å²) in [7, 11) is 0. The third-order valence-electron chi connectivity index (χ3n) is 5.31. The molecule has 1 fully saturated rings. The lowest BCUT2D eigenvalue weighted by Gasteiger charge is -2.29. The van der Waals surface area contributed by atoms with Gasteiger partial charge in [-0.1, -0.05) is 54.6 Å². The van der Waals surface area contributed by atoms with Crippen LogP contribution < -0.4 is 5.32 Å². The van der Waals surface area contributed by atoms with Crippen LogP contribution in [-0.2, 0) is 4.79 Å². The van der Waals surface area contributed by atoms with Gasteiger partial charge >= 0.3 is 0 Å². The number of carbonyl (C=O) groups is 1. The molecule has 2 heterocycles. The normalized spacial score (nSPS) is 18.3. The molecule has 3 aromatic rings. The minimum absolute atomic E-state index is 0.0573. The molecule has 3 nitrogen and oxygen atoms in total. The largest absolute Gasteiger partial charge is 0.324 e. The van der Waals surface area contributed by atoms with Crippen LogP contribution in [0.3, 0.4) is 0 Å². The first-order chi connectivity index (χ1) is 13.2. The van der Waals surface area contributed by atoms with Gasteiger partial charge < -0.3 is 5.32 Å². The van der Waals surface area contributed by atoms with Crippen LogP contribution in [0.2, 0.25) is 0 Å². The van der Waals surface area contributed by atoms with Crippen molar-refractivity contribution >= 4 is 22.9 Å². The second-order valence-electron chi connectivity index (χ2n) is 6.99. The molecule has 1 aliphatic heterocycles. The van der Waals surface area contributed by atoms with Crippen molar-refractivity contribution in [2.75, 3.05) is 11.9 Å². The summed E-state index contributed by atoms with van der Waals surface area (Å²) in [6.45, 7) is 2.99. The zero-order valence-electron chi connectivity index (χ0n) is 15.5. The van der Waals surface area contributed by atoms with Crippen molar-refractivity contribution in [3.8, 4) is 11.1 Å². The number of nitrogens with zero attached hydrogens (tertiary/aromatic N) is 1. The number of carbonyl (C=O) groups excluding carboxylic acids is 1. The molecule has 0 aliphatic carbocycles. The molecule has 2 aromatic carbocycles. The van der Waals surface area contributed by atoms with Gasteiger partial charge in [0.05, 0.1) is 6.04 Å². The molecule has 1 amide bonds. The zero-order chi connectivity index (χ0) is 18.6. The second kappa shape index (κ2) is 8.07. The number of anilines is 1. The van der Waals surface area contributed by atoms with E-state index in [1.165, 1.54) is 4.88 Å². The number of nitrogens with one attached hydrogen (secondary N) is 1. The van der Waals surface area contributed by atoms with E-state index in [1.807, 2.05) is 43.3 Å². The van der Waals surface area contributed by atoms with Crippen LogP contribution in [0.25, 0.3) is 11.1 Å². The molecule has 4 heteroatoms. The topological polar surface area (TPSA) is 32.3 Å². The van der Waals surface area contributed by atoms with Crippen LogP contribution in [0.15, 0.2) is 72.1 Å². The minimum atomic E-state index is -0.163. The summed E-state index contributed by atoms with van der Waals surface area (Å²) in [5.41, 5.74) is 3.03. The summed E-state index contributed by atoms with van der Waals surface area (Å²) in [5, 5.41) is 5.29. The van der Waals surface area contributed by atoms with Gasteiger partial charge in [0.25, 0.3) is 0 Å². The van der Waals surface area contributed by atoms with E-state index >= 15 is 0 Å². The molecule has 0 spiro atoms. The van der Waals surface area contributed by atoms with Crippen molar-refractivity contribution in [2.24, 2.45) is 0 Å². The zero-order valence-corrected chi connectivity index (χ0v) is 16.3. The Kier molecular flexibility index (Phi) is 5.37. The lowest BCUT2D eigenvalue weighted by molar-refractivity contribution is -0.121. The predicted octanol–water partition coefficient (Wildman–Crippen LogP) is 5.58. The fourth-order valence-electron chi connectivity index (χ4n) is 3.89. The van der Waals surface area contributed by atoms with Crippen LogP contribution in [0.1, 0.15) is 30.7 Å². The van der Waals surface area contributed by atoms with E-state index in [4.69, 9.17) is 0 Å². The maximum Gasteiger partial charge on any atom is 0.241 e. The monoisotopic (exact) mass is 376 g/mol. The third kappa shape index (κ3) is 3.82. The minimum Gasteiger partial charge on any atom is -0.324 e. The third-order valence-corrected chi connectivity index (χ3v) is 6.29. The van der Waals surface area contributed by atoms with Gasteiger partial charge in [-0.05, 0) is 49.4 Å². The quantitative estimate of drug-likeness (QED) is 0.630. The molecule has 1 N–H and O–H groups in total. The number of likely N-dealkylation sites (tertiary alicyclic amines) is 1. The highest BCUT2D eigenvalue weighted by atomic mass is 32.1. The summed E-state index contributed by atoms with van der Waals surface area (Å²) in [6, 6.07) is 22.7. The van der Waals surface area contributed by atoms with Crippen molar-refractivity contribution in [3.63, 3.8) is 0 Å². The maximum absolute atomic E-state index is 13.0. The Bertz CT molecular complexity index is 892. The number of hydrogen-bond acceptors (Lipinski definition) is 3. The molecule has 27 heavy (non-hydrogen) atoms. The van der Waals surface area contributed by atoms with E-state index in [-0.39, 0.29) is 11.9 Å². The van der Waals surface area contributed by atoms with Crippen molar-refractivity contribution in [2.45, 2.75) is 31.8 Å². The molecule has 2 atom stereocenters. The highest BCUT2D eigenvalue weighted by molar-refractivity contribution is 7.10. The van der Waals surface area contributed by atoms with E-state index in [1.54, 1.807) is 11.3 Å². The summed E-state index contributed by atoms with van der Waals surface area (Å²) < 4.78 is 0. The highest BCUT2D eigenvalue weighted by Crippen LogP contribution is 2.36. The van der Waals surface area contributed by atoms with Crippen LogP contribution in [-0.4, -0.2) is 23.4 Å². The first kappa shape index (κ1) is 18.0. The molecule has 4 rings (SSSR count). The van der Waals surface area contributed by atoms with E-state index < -0.39 is 0 Å². The molecule has 0 radical (unpaired) electrons. The Morgan fingerprint density at radius 2 is 1.85 bits per heavy atom. The number of thiophene rings is 1. The van der Waals surface area contributed by atoms with Crippen LogP contribution in [0, 0.1) is 0 Å².